The van der Waals surface area contributed by atoms with Gasteiger partial charge in [0.05, 0.1) is 13.2 Å². The average Bonchev–Trinajstić information content (AvgIpc) is 3.54. The van der Waals surface area contributed by atoms with E-state index < -0.39 is 0 Å². The Morgan fingerprint density at radius 2 is 2.00 bits per heavy atom. The van der Waals surface area contributed by atoms with E-state index in [9.17, 15) is 4.39 Å². The van der Waals surface area contributed by atoms with Crippen LogP contribution in [-0.4, -0.2) is 64.0 Å². The van der Waals surface area contributed by atoms with E-state index in [0.29, 0.717) is 26.4 Å². The van der Waals surface area contributed by atoms with Crippen LogP contribution in [0.25, 0.3) is 0 Å². The van der Waals surface area contributed by atoms with Gasteiger partial charge in [0.15, 0.2) is 5.96 Å². The second kappa shape index (κ2) is 10.2. The van der Waals surface area contributed by atoms with Gasteiger partial charge >= 0.3 is 0 Å². The van der Waals surface area contributed by atoms with Crippen LogP contribution >= 0.6 is 0 Å². The first-order valence-electron chi connectivity index (χ1n) is 10.5. The molecule has 156 valence electrons. The molecule has 0 spiro atoms. The second-order valence-corrected chi connectivity index (χ2v) is 8.01. The molecule has 0 bridgehead atoms. The van der Waals surface area contributed by atoms with E-state index in [1.807, 2.05) is 12.1 Å². The zero-order valence-corrected chi connectivity index (χ0v) is 17.3. The van der Waals surface area contributed by atoms with Crippen LogP contribution in [0.3, 0.4) is 0 Å². The number of halogens is 1. The number of nitrogens with zero attached hydrogens (tertiary/aromatic N) is 2. The third-order valence-electron chi connectivity index (χ3n) is 5.76. The molecule has 1 aromatic rings. The van der Waals surface area contributed by atoms with Gasteiger partial charge in [-0.1, -0.05) is 12.1 Å². The predicted molar refractivity (Wildman–Crippen MR) is 110 cm³/mol. The van der Waals surface area contributed by atoms with Crippen molar-refractivity contribution in [1.82, 2.24) is 10.2 Å². The fraction of sp³-hybridized carbons (Fsp3) is 0.682. The lowest BCUT2D eigenvalue weighted by Gasteiger charge is -2.37. The summed E-state index contributed by atoms with van der Waals surface area (Å²) in [7, 11) is 2.05. The summed E-state index contributed by atoms with van der Waals surface area (Å²) in [5.74, 6) is 1.48. The highest BCUT2D eigenvalue weighted by molar-refractivity contribution is 5.79. The molecule has 0 amide bonds. The lowest BCUT2D eigenvalue weighted by atomic mass is 9.74. The number of nitrogens with one attached hydrogen (secondary N) is 1. The summed E-state index contributed by atoms with van der Waals surface area (Å²) in [6, 6.07) is 6.90. The fourth-order valence-electron chi connectivity index (χ4n) is 3.64. The first kappa shape index (κ1) is 21.1. The molecule has 1 saturated carbocycles. The number of rotatable bonds is 9. The second-order valence-electron chi connectivity index (χ2n) is 8.01. The van der Waals surface area contributed by atoms with E-state index >= 15 is 0 Å². The van der Waals surface area contributed by atoms with Crippen LogP contribution in [0, 0.1) is 11.7 Å². The van der Waals surface area contributed by atoms with Crippen molar-refractivity contribution in [2.45, 2.75) is 38.0 Å². The molecule has 3 rings (SSSR count). The van der Waals surface area contributed by atoms with Crippen LogP contribution in [0.5, 0.6) is 0 Å². The zero-order valence-electron chi connectivity index (χ0n) is 17.3. The largest absolute Gasteiger partial charge is 0.381 e. The van der Waals surface area contributed by atoms with Crippen LogP contribution in [-0.2, 0) is 14.9 Å². The van der Waals surface area contributed by atoms with Crippen molar-refractivity contribution in [3.8, 4) is 0 Å². The van der Waals surface area contributed by atoms with Gasteiger partial charge in [-0.15, -0.1) is 0 Å². The number of benzene rings is 1. The maximum atomic E-state index is 13.4. The molecule has 1 aromatic carbocycles. The first-order chi connectivity index (χ1) is 13.6. The molecule has 28 heavy (non-hydrogen) atoms. The van der Waals surface area contributed by atoms with E-state index in [1.54, 1.807) is 12.1 Å². The molecule has 1 aliphatic heterocycles. The van der Waals surface area contributed by atoms with Crippen molar-refractivity contribution in [2.24, 2.45) is 10.9 Å². The molecule has 1 heterocycles. The molecular weight excluding hydrogens is 357 g/mol. The molecular formula is C22H34FN3O2. The van der Waals surface area contributed by atoms with Crippen LogP contribution in [0.15, 0.2) is 29.3 Å². The summed E-state index contributed by atoms with van der Waals surface area (Å²) < 4.78 is 24.8. The van der Waals surface area contributed by atoms with E-state index in [-0.39, 0.29) is 11.2 Å². The summed E-state index contributed by atoms with van der Waals surface area (Å²) >= 11 is 0. The molecule has 1 N–H and O–H groups in total. The van der Waals surface area contributed by atoms with Crippen molar-refractivity contribution in [1.29, 1.82) is 0 Å². The van der Waals surface area contributed by atoms with Crippen molar-refractivity contribution < 1.29 is 13.9 Å². The van der Waals surface area contributed by atoms with Gasteiger partial charge in [0.25, 0.3) is 0 Å². The molecule has 1 aliphatic carbocycles. The van der Waals surface area contributed by atoms with Crippen molar-refractivity contribution >= 4 is 5.96 Å². The number of aliphatic imine (C=N–C) groups is 1. The smallest absolute Gasteiger partial charge is 0.193 e. The normalized spacial score (nSPS) is 19.5. The molecule has 0 unspecified atom stereocenters. The van der Waals surface area contributed by atoms with Gasteiger partial charge in [0.1, 0.15) is 5.82 Å². The highest BCUT2D eigenvalue weighted by Crippen LogP contribution is 2.35. The summed E-state index contributed by atoms with van der Waals surface area (Å²) in [6.07, 6.45) is 4.43. The molecule has 2 fully saturated rings. The van der Waals surface area contributed by atoms with Crippen LogP contribution in [0.1, 0.15) is 38.2 Å². The lowest BCUT2D eigenvalue weighted by molar-refractivity contribution is 0.0530. The van der Waals surface area contributed by atoms with Crippen LogP contribution < -0.4 is 5.32 Å². The minimum atomic E-state index is -0.200. The number of guanidine groups is 1. The Morgan fingerprint density at radius 3 is 2.64 bits per heavy atom. The number of likely N-dealkylation sites (N-methyl/N-ethyl adjacent to an activating group) is 1. The van der Waals surface area contributed by atoms with Gasteiger partial charge in [0, 0.05) is 45.4 Å². The molecule has 5 nitrogen and oxygen atoms in total. The van der Waals surface area contributed by atoms with E-state index in [4.69, 9.17) is 14.5 Å². The van der Waals surface area contributed by atoms with Gasteiger partial charge in [-0.2, -0.15) is 0 Å². The summed E-state index contributed by atoms with van der Waals surface area (Å²) in [5, 5.41) is 3.39. The third-order valence-corrected chi connectivity index (χ3v) is 5.76. The highest BCUT2D eigenvalue weighted by Gasteiger charge is 2.34. The van der Waals surface area contributed by atoms with Gasteiger partial charge in [-0.05, 0) is 56.2 Å². The monoisotopic (exact) mass is 391 g/mol. The number of ether oxygens (including phenoxy) is 2. The van der Waals surface area contributed by atoms with Gasteiger partial charge in [-0.3, -0.25) is 4.99 Å². The number of hydrogen-bond acceptors (Lipinski definition) is 3. The fourth-order valence-corrected chi connectivity index (χ4v) is 3.64. The maximum absolute atomic E-state index is 13.4. The Labute approximate surface area is 168 Å². The third kappa shape index (κ3) is 5.92. The Kier molecular flexibility index (Phi) is 7.68. The molecule has 6 heteroatoms. The Balaban J connectivity index is 1.65. The highest BCUT2D eigenvalue weighted by atomic mass is 19.1. The molecule has 2 aliphatic rings. The quantitative estimate of drug-likeness (QED) is 0.399. The van der Waals surface area contributed by atoms with Crippen LogP contribution in [0.2, 0.25) is 0 Å². The summed E-state index contributed by atoms with van der Waals surface area (Å²) in [5.41, 5.74) is 1.04. The van der Waals surface area contributed by atoms with E-state index in [0.717, 1.165) is 50.0 Å². The molecule has 1 saturated heterocycles. The molecule has 0 atom stereocenters. The minimum Gasteiger partial charge on any atom is -0.381 e. The zero-order chi connectivity index (χ0) is 19.8. The SMILES string of the molecule is CCNC(=NCC1(c2ccc(F)cc2)CCOCC1)N(C)CCOCC1CC1. The molecule has 0 aromatic heterocycles. The van der Waals surface area contributed by atoms with Crippen molar-refractivity contribution in [3.05, 3.63) is 35.6 Å². The summed E-state index contributed by atoms with van der Waals surface area (Å²) in [6.45, 7) is 7.41. The summed E-state index contributed by atoms with van der Waals surface area (Å²) in [4.78, 5) is 7.09. The van der Waals surface area contributed by atoms with Crippen molar-refractivity contribution in [2.75, 3.05) is 53.1 Å². The van der Waals surface area contributed by atoms with Gasteiger partial charge in [-0.25, -0.2) is 4.39 Å². The van der Waals surface area contributed by atoms with E-state index in [1.165, 1.54) is 12.8 Å². The number of hydrogen-bond donors (Lipinski definition) is 1. The Bertz CT molecular complexity index is 625. The van der Waals surface area contributed by atoms with Crippen molar-refractivity contribution in [3.63, 3.8) is 0 Å². The Hall–Kier alpha value is -1.66. The van der Waals surface area contributed by atoms with Gasteiger partial charge < -0.3 is 19.7 Å². The van der Waals surface area contributed by atoms with Crippen LogP contribution in [0.4, 0.5) is 4.39 Å². The van der Waals surface area contributed by atoms with E-state index in [2.05, 4.69) is 24.2 Å². The predicted octanol–water partition coefficient (Wildman–Crippen LogP) is 3.20. The first-order valence-corrected chi connectivity index (χ1v) is 10.5. The Morgan fingerprint density at radius 1 is 1.29 bits per heavy atom. The molecule has 0 radical (unpaired) electrons. The average molecular weight is 392 g/mol. The van der Waals surface area contributed by atoms with Gasteiger partial charge in [0.2, 0.25) is 0 Å². The topological polar surface area (TPSA) is 46.1 Å². The maximum Gasteiger partial charge on any atom is 0.193 e. The standard InChI is InChI=1S/C22H34FN3O2/c1-3-24-21(26(2)12-15-28-16-18-4-5-18)25-17-22(10-13-27-14-11-22)19-6-8-20(23)9-7-19/h6-9,18H,3-5,10-17H2,1-2H3,(H,24,25). The minimum absolute atomic E-state index is 0.101. The lowest BCUT2D eigenvalue weighted by Crippen LogP contribution is -2.43.